The van der Waals surface area contributed by atoms with Crippen molar-refractivity contribution in [3.63, 3.8) is 0 Å². The first-order valence-corrected chi connectivity index (χ1v) is 6.02. The van der Waals surface area contributed by atoms with Crippen LogP contribution >= 0.6 is 12.2 Å². The van der Waals surface area contributed by atoms with E-state index >= 15 is 0 Å². The number of hydrogen-bond donors (Lipinski definition) is 1. The average Bonchev–Trinajstić information content (AvgIpc) is 2.19. The summed E-state index contributed by atoms with van der Waals surface area (Å²) >= 11 is 4.81. The van der Waals surface area contributed by atoms with Gasteiger partial charge in [-0.3, -0.25) is 4.79 Å². The first-order chi connectivity index (χ1) is 7.47. The summed E-state index contributed by atoms with van der Waals surface area (Å²) in [7, 11) is 0. The van der Waals surface area contributed by atoms with Crippen molar-refractivity contribution in [1.29, 1.82) is 0 Å². The largest absolute Gasteiger partial charge is 0.393 e. The molecular formula is C11H22N2O2S. The Kier molecular flexibility index (Phi) is 8.11. The number of nitrogens with two attached hydrogens (primary N) is 1. The fourth-order valence-electron chi connectivity index (χ4n) is 1.28. The normalized spacial score (nSPS) is 10.5. The van der Waals surface area contributed by atoms with Gasteiger partial charge in [0.2, 0.25) is 5.91 Å². The van der Waals surface area contributed by atoms with Crippen LogP contribution in [0.15, 0.2) is 0 Å². The van der Waals surface area contributed by atoms with Crippen LogP contribution in [0.25, 0.3) is 0 Å². The predicted octanol–water partition coefficient (Wildman–Crippen LogP) is 1.18. The maximum absolute atomic E-state index is 11.8. The predicted molar refractivity (Wildman–Crippen MR) is 69.3 cm³/mol. The average molecular weight is 246 g/mol. The highest BCUT2D eigenvalue weighted by Gasteiger charge is 2.14. The summed E-state index contributed by atoms with van der Waals surface area (Å²) in [6, 6.07) is 0. The number of nitrogens with zero attached hydrogens (tertiary/aromatic N) is 1. The molecule has 0 heterocycles. The molecule has 1 amide bonds. The van der Waals surface area contributed by atoms with Crippen molar-refractivity contribution < 1.29 is 9.53 Å². The number of amides is 1. The lowest BCUT2D eigenvalue weighted by atomic mass is 10.2. The third-order valence-corrected chi connectivity index (χ3v) is 2.20. The van der Waals surface area contributed by atoms with Gasteiger partial charge in [0.15, 0.2) is 0 Å². The van der Waals surface area contributed by atoms with E-state index in [-0.39, 0.29) is 12.5 Å². The Morgan fingerprint density at radius 2 is 2.12 bits per heavy atom. The van der Waals surface area contributed by atoms with Crippen molar-refractivity contribution in [2.75, 3.05) is 26.3 Å². The molecule has 0 spiro atoms. The third-order valence-electron chi connectivity index (χ3n) is 2.00. The van der Waals surface area contributed by atoms with Crippen molar-refractivity contribution in [3.8, 4) is 0 Å². The van der Waals surface area contributed by atoms with E-state index in [0.29, 0.717) is 37.0 Å². The molecule has 0 aromatic carbocycles. The second-order valence-electron chi connectivity index (χ2n) is 4.09. The van der Waals surface area contributed by atoms with Crippen molar-refractivity contribution in [2.45, 2.75) is 27.2 Å². The highest BCUT2D eigenvalue weighted by molar-refractivity contribution is 7.80. The highest BCUT2D eigenvalue weighted by atomic mass is 32.1. The molecule has 0 aromatic rings. The topological polar surface area (TPSA) is 55.6 Å². The van der Waals surface area contributed by atoms with Gasteiger partial charge in [0.25, 0.3) is 0 Å². The van der Waals surface area contributed by atoms with Gasteiger partial charge in [-0.1, -0.05) is 26.1 Å². The molecule has 0 radical (unpaired) electrons. The van der Waals surface area contributed by atoms with E-state index in [0.717, 1.165) is 0 Å². The minimum atomic E-state index is 0.00630. The third kappa shape index (κ3) is 7.59. The molecule has 0 aliphatic heterocycles. The molecule has 0 saturated carbocycles. The molecule has 2 N–H and O–H groups in total. The van der Waals surface area contributed by atoms with Crippen molar-refractivity contribution in [3.05, 3.63) is 0 Å². The maximum atomic E-state index is 11.8. The second-order valence-corrected chi connectivity index (χ2v) is 4.61. The molecule has 0 aromatic heterocycles. The molecule has 0 saturated heterocycles. The standard InChI is InChI=1S/C11H22N2O2S/c1-4-15-8-11(14)13(7-9(2)3)6-5-10(12)16/h9H,4-8H2,1-3H3,(H2,12,16). The van der Waals surface area contributed by atoms with E-state index in [9.17, 15) is 4.79 Å². The molecule has 0 atom stereocenters. The molecular weight excluding hydrogens is 224 g/mol. The Bertz CT molecular complexity index is 232. The quantitative estimate of drug-likeness (QED) is 0.654. The number of hydrogen-bond acceptors (Lipinski definition) is 3. The summed E-state index contributed by atoms with van der Waals surface area (Å²) in [4.78, 5) is 14.0. The van der Waals surface area contributed by atoms with Gasteiger partial charge < -0.3 is 15.4 Å². The van der Waals surface area contributed by atoms with Crippen LogP contribution in [0, 0.1) is 5.92 Å². The van der Waals surface area contributed by atoms with E-state index in [2.05, 4.69) is 13.8 Å². The smallest absolute Gasteiger partial charge is 0.248 e. The Hall–Kier alpha value is -0.680. The first-order valence-electron chi connectivity index (χ1n) is 5.61. The van der Waals surface area contributed by atoms with Gasteiger partial charge in [0.05, 0.1) is 4.99 Å². The van der Waals surface area contributed by atoms with Crippen LogP contribution in [0.5, 0.6) is 0 Å². The lowest BCUT2D eigenvalue weighted by molar-refractivity contribution is -0.136. The minimum absolute atomic E-state index is 0.00630. The lowest BCUT2D eigenvalue weighted by Gasteiger charge is -2.24. The van der Waals surface area contributed by atoms with Gasteiger partial charge in [-0.15, -0.1) is 0 Å². The number of ether oxygens (including phenoxy) is 1. The molecule has 0 fully saturated rings. The highest BCUT2D eigenvalue weighted by Crippen LogP contribution is 2.01. The summed E-state index contributed by atoms with van der Waals surface area (Å²) in [5, 5.41) is 0. The van der Waals surface area contributed by atoms with Gasteiger partial charge in [-0.25, -0.2) is 0 Å². The fraction of sp³-hybridized carbons (Fsp3) is 0.818. The Balaban J connectivity index is 4.17. The minimum Gasteiger partial charge on any atom is -0.393 e. The van der Waals surface area contributed by atoms with Gasteiger partial charge >= 0.3 is 0 Å². The molecule has 0 unspecified atom stereocenters. The van der Waals surface area contributed by atoms with E-state index in [4.69, 9.17) is 22.7 Å². The van der Waals surface area contributed by atoms with Crippen LogP contribution in [0.2, 0.25) is 0 Å². The monoisotopic (exact) mass is 246 g/mol. The van der Waals surface area contributed by atoms with Gasteiger partial charge in [-0.2, -0.15) is 0 Å². The van der Waals surface area contributed by atoms with Gasteiger partial charge in [-0.05, 0) is 12.8 Å². The summed E-state index contributed by atoms with van der Waals surface area (Å²) in [5.41, 5.74) is 5.43. The molecule has 4 nitrogen and oxygen atoms in total. The van der Waals surface area contributed by atoms with Crippen molar-refractivity contribution in [2.24, 2.45) is 11.7 Å². The van der Waals surface area contributed by atoms with Crippen molar-refractivity contribution >= 4 is 23.1 Å². The molecule has 5 heteroatoms. The number of thiocarbonyl (C=S) groups is 1. The molecule has 0 aliphatic carbocycles. The zero-order valence-corrected chi connectivity index (χ0v) is 11.2. The summed E-state index contributed by atoms with van der Waals surface area (Å²) < 4.78 is 5.11. The number of carbonyl (C=O) groups is 1. The van der Waals surface area contributed by atoms with Gasteiger partial charge in [0.1, 0.15) is 6.61 Å². The van der Waals surface area contributed by atoms with E-state index in [1.54, 1.807) is 4.90 Å². The number of rotatable bonds is 8. The van der Waals surface area contributed by atoms with Crippen LogP contribution in [-0.2, 0) is 9.53 Å². The lowest BCUT2D eigenvalue weighted by Crippen LogP contribution is -2.38. The van der Waals surface area contributed by atoms with Crippen LogP contribution in [0.1, 0.15) is 27.2 Å². The van der Waals surface area contributed by atoms with E-state index < -0.39 is 0 Å². The van der Waals surface area contributed by atoms with E-state index in [1.165, 1.54) is 0 Å². The first kappa shape index (κ1) is 15.3. The Morgan fingerprint density at radius 1 is 1.50 bits per heavy atom. The fourth-order valence-corrected chi connectivity index (χ4v) is 1.38. The number of carbonyl (C=O) groups excluding carboxylic acids is 1. The SMILES string of the molecule is CCOCC(=O)N(CCC(N)=S)CC(C)C. The second kappa shape index (κ2) is 8.47. The van der Waals surface area contributed by atoms with Crippen LogP contribution < -0.4 is 5.73 Å². The van der Waals surface area contributed by atoms with Gasteiger partial charge in [0, 0.05) is 26.1 Å². The summed E-state index contributed by atoms with van der Waals surface area (Å²) in [5.74, 6) is 0.434. The molecule has 0 bridgehead atoms. The van der Waals surface area contributed by atoms with Crippen LogP contribution in [-0.4, -0.2) is 42.1 Å². The zero-order chi connectivity index (χ0) is 12.6. The molecule has 16 heavy (non-hydrogen) atoms. The molecule has 0 aliphatic rings. The maximum Gasteiger partial charge on any atom is 0.248 e. The summed E-state index contributed by atoms with van der Waals surface area (Å²) in [6.45, 7) is 8.00. The zero-order valence-electron chi connectivity index (χ0n) is 10.4. The van der Waals surface area contributed by atoms with Crippen molar-refractivity contribution in [1.82, 2.24) is 4.90 Å². The summed E-state index contributed by atoms with van der Waals surface area (Å²) in [6.07, 6.45) is 0.569. The molecule has 94 valence electrons. The molecule has 0 rings (SSSR count). The van der Waals surface area contributed by atoms with Crippen LogP contribution in [0.4, 0.5) is 0 Å². The van der Waals surface area contributed by atoms with Crippen LogP contribution in [0.3, 0.4) is 0 Å². The van der Waals surface area contributed by atoms with E-state index in [1.807, 2.05) is 6.92 Å². The Morgan fingerprint density at radius 3 is 2.56 bits per heavy atom. The Labute approximate surface area is 103 Å².